The van der Waals surface area contributed by atoms with Crippen LogP contribution in [0, 0.1) is 5.82 Å². The van der Waals surface area contributed by atoms with Gasteiger partial charge in [-0.15, -0.1) is 0 Å². The lowest BCUT2D eigenvalue weighted by Gasteiger charge is -2.12. The molecule has 0 heterocycles. The molecule has 0 aliphatic carbocycles. The molecular formula is C16H18FNO. The Morgan fingerprint density at radius 1 is 1.16 bits per heavy atom. The van der Waals surface area contributed by atoms with Gasteiger partial charge in [-0.05, 0) is 35.7 Å². The van der Waals surface area contributed by atoms with Gasteiger partial charge in [-0.2, -0.15) is 0 Å². The van der Waals surface area contributed by atoms with E-state index >= 15 is 0 Å². The first kappa shape index (κ1) is 13.6. The van der Waals surface area contributed by atoms with Crippen molar-refractivity contribution in [1.82, 2.24) is 0 Å². The maximum atomic E-state index is 13.6. The highest BCUT2D eigenvalue weighted by atomic mass is 19.1. The fourth-order valence-corrected chi connectivity index (χ4v) is 1.90. The normalized spacial score (nSPS) is 10.8. The summed E-state index contributed by atoms with van der Waals surface area (Å²) < 4.78 is 19.4. The van der Waals surface area contributed by atoms with Crippen LogP contribution in [0.5, 0.6) is 11.5 Å². The van der Waals surface area contributed by atoms with Gasteiger partial charge in [-0.3, -0.25) is 0 Å². The SMILES string of the molecule is CC(C)c1cccc(Oc2cccc(F)c2CN)c1. The van der Waals surface area contributed by atoms with E-state index in [0.717, 1.165) is 0 Å². The first-order valence-electron chi connectivity index (χ1n) is 6.37. The molecule has 2 aromatic rings. The maximum Gasteiger partial charge on any atom is 0.134 e. The third-order valence-corrected chi connectivity index (χ3v) is 3.03. The summed E-state index contributed by atoms with van der Waals surface area (Å²) in [5.41, 5.74) is 7.15. The van der Waals surface area contributed by atoms with Gasteiger partial charge in [-0.1, -0.05) is 32.0 Å². The van der Waals surface area contributed by atoms with Crippen LogP contribution in [-0.2, 0) is 6.54 Å². The molecule has 2 rings (SSSR count). The van der Waals surface area contributed by atoms with E-state index in [-0.39, 0.29) is 12.4 Å². The molecular weight excluding hydrogens is 241 g/mol. The van der Waals surface area contributed by atoms with Crippen LogP contribution in [-0.4, -0.2) is 0 Å². The molecule has 0 atom stereocenters. The molecule has 0 spiro atoms. The predicted molar refractivity (Wildman–Crippen MR) is 74.9 cm³/mol. The van der Waals surface area contributed by atoms with Gasteiger partial charge in [0.15, 0.2) is 0 Å². The molecule has 0 fully saturated rings. The molecule has 0 saturated heterocycles. The van der Waals surface area contributed by atoms with Gasteiger partial charge >= 0.3 is 0 Å². The largest absolute Gasteiger partial charge is 0.457 e. The number of rotatable bonds is 4. The van der Waals surface area contributed by atoms with E-state index < -0.39 is 0 Å². The van der Waals surface area contributed by atoms with Gasteiger partial charge in [0.25, 0.3) is 0 Å². The minimum Gasteiger partial charge on any atom is -0.457 e. The average molecular weight is 259 g/mol. The van der Waals surface area contributed by atoms with Crippen LogP contribution in [0.15, 0.2) is 42.5 Å². The van der Waals surface area contributed by atoms with E-state index in [1.54, 1.807) is 12.1 Å². The molecule has 0 aromatic heterocycles. The zero-order valence-electron chi connectivity index (χ0n) is 11.2. The number of nitrogens with two attached hydrogens (primary N) is 1. The predicted octanol–water partition coefficient (Wildman–Crippen LogP) is 4.20. The molecule has 0 saturated carbocycles. The molecule has 19 heavy (non-hydrogen) atoms. The Hall–Kier alpha value is -1.87. The molecule has 0 aliphatic heterocycles. The van der Waals surface area contributed by atoms with Gasteiger partial charge in [-0.25, -0.2) is 4.39 Å². The lowest BCUT2D eigenvalue weighted by Crippen LogP contribution is -2.02. The third-order valence-electron chi connectivity index (χ3n) is 3.03. The highest BCUT2D eigenvalue weighted by Crippen LogP contribution is 2.28. The Kier molecular flexibility index (Phi) is 4.17. The lowest BCUT2D eigenvalue weighted by atomic mass is 10.0. The first-order chi connectivity index (χ1) is 9.11. The molecule has 100 valence electrons. The van der Waals surface area contributed by atoms with Gasteiger partial charge in [0, 0.05) is 12.1 Å². The van der Waals surface area contributed by atoms with Crippen molar-refractivity contribution in [2.45, 2.75) is 26.3 Å². The quantitative estimate of drug-likeness (QED) is 0.893. The Morgan fingerprint density at radius 3 is 2.58 bits per heavy atom. The van der Waals surface area contributed by atoms with Crippen molar-refractivity contribution < 1.29 is 9.13 Å². The molecule has 0 radical (unpaired) electrons. The number of ether oxygens (including phenoxy) is 1. The monoisotopic (exact) mass is 259 g/mol. The van der Waals surface area contributed by atoms with E-state index in [9.17, 15) is 4.39 Å². The molecule has 0 unspecified atom stereocenters. The van der Waals surface area contributed by atoms with E-state index in [1.165, 1.54) is 11.6 Å². The van der Waals surface area contributed by atoms with Gasteiger partial charge in [0.1, 0.15) is 17.3 Å². The highest BCUT2D eigenvalue weighted by Gasteiger charge is 2.09. The Balaban J connectivity index is 2.31. The lowest BCUT2D eigenvalue weighted by molar-refractivity contribution is 0.466. The van der Waals surface area contributed by atoms with Crippen LogP contribution < -0.4 is 10.5 Å². The van der Waals surface area contributed by atoms with Crippen molar-refractivity contribution in [1.29, 1.82) is 0 Å². The topological polar surface area (TPSA) is 35.2 Å². The second kappa shape index (κ2) is 5.85. The van der Waals surface area contributed by atoms with Crippen molar-refractivity contribution >= 4 is 0 Å². The van der Waals surface area contributed by atoms with Crippen LogP contribution in [0.2, 0.25) is 0 Å². The summed E-state index contributed by atoms with van der Waals surface area (Å²) in [4.78, 5) is 0. The molecule has 0 aliphatic rings. The fraction of sp³-hybridized carbons (Fsp3) is 0.250. The summed E-state index contributed by atoms with van der Waals surface area (Å²) in [6.07, 6.45) is 0. The summed E-state index contributed by atoms with van der Waals surface area (Å²) >= 11 is 0. The van der Waals surface area contributed by atoms with Crippen molar-refractivity contribution in [3.63, 3.8) is 0 Å². The number of hydrogen-bond donors (Lipinski definition) is 1. The summed E-state index contributed by atoms with van der Waals surface area (Å²) in [5, 5.41) is 0. The van der Waals surface area contributed by atoms with Crippen molar-refractivity contribution in [2.75, 3.05) is 0 Å². The average Bonchev–Trinajstić information content (AvgIpc) is 2.39. The zero-order valence-corrected chi connectivity index (χ0v) is 11.2. The molecule has 2 N–H and O–H groups in total. The first-order valence-corrected chi connectivity index (χ1v) is 6.37. The smallest absolute Gasteiger partial charge is 0.134 e. The zero-order chi connectivity index (χ0) is 13.8. The molecule has 2 aromatic carbocycles. The van der Waals surface area contributed by atoms with Gasteiger partial charge in [0.05, 0.1) is 0 Å². The maximum absolute atomic E-state index is 13.6. The van der Waals surface area contributed by atoms with Crippen LogP contribution in [0.25, 0.3) is 0 Å². The molecule has 3 heteroatoms. The fourth-order valence-electron chi connectivity index (χ4n) is 1.90. The number of halogens is 1. The summed E-state index contributed by atoms with van der Waals surface area (Å²) in [7, 11) is 0. The summed E-state index contributed by atoms with van der Waals surface area (Å²) in [5.74, 6) is 1.26. The number of benzene rings is 2. The molecule has 0 bridgehead atoms. The van der Waals surface area contributed by atoms with Crippen molar-refractivity contribution in [3.8, 4) is 11.5 Å². The molecule has 0 amide bonds. The third kappa shape index (κ3) is 3.12. The van der Waals surface area contributed by atoms with Crippen LogP contribution in [0.1, 0.15) is 30.9 Å². The minimum atomic E-state index is -0.333. The Bertz CT molecular complexity index is 566. The number of hydrogen-bond acceptors (Lipinski definition) is 2. The standard InChI is InChI=1S/C16H18FNO/c1-11(2)12-5-3-6-13(9-12)19-16-8-4-7-15(17)14(16)10-18/h3-9,11H,10,18H2,1-2H3. The second-order valence-electron chi connectivity index (χ2n) is 4.75. The van der Waals surface area contributed by atoms with Crippen LogP contribution in [0.4, 0.5) is 4.39 Å². The van der Waals surface area contributed by atoms with E-state index in [4.69, 9.17) is 10.5 Å². The highest BCUT2D eigenvalue weighted by molar-refractivity contribution is 5.40. The van der Waals surface area contributed by atoms with Crippen molar-refractivity contribution in [2.24, 2.45) is 5.73 Å². The van der Waals surface area contributed by atoms with E-state index in [1.807, 2.05) is 24.3 Å². The van der Waals surface area contributed by atoms with Crippen LogP contribution in [0.3, 0.4) is 0 Å². The molecule has 2 nitrogen and oxygen atoms in total. The Morgan fingerprint density at radius 2 is 1.89 bits per heavy atom. The van der Waals surface area contributed by atoms with E-state index in [2.05, 4.69) is 13.8 Å². The summed E-state index contributed by atoms with van der Waals surface area (Å²) in [6, 6.07) is 12.6. The Labute approximate surface area is 113 Å². The minimum absolute atomic E-state index is 0.117. The van der Waals surface area contributed by atoms with Crippen LogP contribution >= 0.6 is 0 Å². The van der Waals surface area contributed by atoms with E-state index in [0.29, 0.717) is 23.0 Å². The van der Waals surface area contributed by atoms with Gasteiger partial charge in [0.2, 0.25) is 0 Å². The second-order valence-corrected chi connectivity index (χ2v) is 4.75. The van der Waals surface area contributed by atoms with Gasteiger partial charge < -0.3 is 10.5 Å². The van der Waals surface area contributed by atoms with Crippen molar-refractivity contribution in [3.05, 3.63) is 59.4 Å². The summed E-state index contributed by atoms with van der Waals surface area (Å²) in [6.45, 7) is 4.35.